The summed E-state index contributed by atoms with van der Waals surface area (Å²) in [5.74, 6) is 0.0990. The Morgan fingerprint density at radius 2 is 2.03 bits per heavy atom. The average Bonchev–Trinajstić information content (AvgIpc) is 3.28. The van der Waals surface area contributed by atoms with Crippen LogP contribution in [0.15, 0.2) is 54.0 Å². The van der Waals surface area contributed by atoms with E-state index < -0.39 is 0 Å². The fourth-order valence-corrected chi connectivity index (χ4v) is 5.70. The smallest absolute Gasteiger partial charge is 0.253 e. The molecule has 2 atom stereocenters. The molecule has 5 rings (SSSR count). The molecule has 1 amide bonds. The average molecular weight is 437 g/mol. The van der Waals surface area contributed by atoms with E-state index >= 15 is 0 Å². The molecule has 0 saturated carbocycles. The molecule has 2 aliphatic rings. The highest BCUT2D eigenvalue weighted by atomic mass is 32.1. The van der Waals surface area contributed by atoms with E-state index in [1.54, 1.807) is 11.3 Å². The summed E-state index contributed by atoms with van der Waals surface area (Å²) < 4.78 is 13.9. The van der Waals surface area contributed by atoms with Gasteiger partial charge in [-0.25, -0.2) is 4.98 Å². The predicted molar refractivity (Wildman–Crippen MR) is 122 cm³/mol. The number of hydrogen-bond donors (Lipinski definition) is 0. The molecule has 3 heterocycles. The van der Waals surface area contributed by atoms with Crippen molar-refractivity contribution in [1.29, 1.82) is 0 Å². The SMILES string of the molecule is CCOC1CC(c2ccccc2)OC2(CCN(C(=O)c3ccc4ncsc4c3)CC2)C1. The largest absolute Gasteiger partial charge is 0.378 e. The van der Waals surface area contributed by atoms with Crippen LogP contribution in [0.5, 0.6) is 0 Å². The predicted octanol–water partition coefficient (Wildman–Crippen LogP) is 5.23. The highest BCUT2D eigenvalue weighted by Gasteiger charge is 2.45. The number of carbonyl (C=O) groups is 1. The van der Waals surface area contributed by atoms with E-state index in [0.717, 1.165) is 41.5 Å². The molecular formula is C25H28N2O3S. The molecular weight excluding hydrogens is 408 g/mol. The van der Waals surface area contributed by atoms with E-state index in [1.807, 2.05) is 34.7 Å². The summed E-state index contributed by atoms with van der Waals surface area (Å²) in [6.45, 7) is 4.19. The van der Waals surface area contributed by atoms with Crippen molar-refractivity contribution in [2.24, 2.45) is 0 Å². The van der Waals surface area contributed by atoms with Gasteiger partial charge in [-0.3, -0.25) is 4.79 Å². The number of carbonyl (C=O) groups excluding carboxylic acids is 1. The van der Waals surface area contributed by atoms with Crippen molar-refractivity contribution < 1.29 is 14.3 Å². The summed E-state index contributed by atoms with van der Waals surface area (Å²) in [6.07, 6.45) is 3.71. The number of piperidine rings is 1. The second-order valence-electron chi connectivity index (χ2n) is 8.54. The first kappa shape index (κ1) is 20.6. The Labute approximate surface area is 187 Å². The van der Waals surface area contributed by atoms with Crippen LogP contribution in [-0.4, -0.2) is 47.2 Å². The highest BCUT2D eigenvalue weighted by molar-refractivity contribution is 7.16. The number of thiazole rings is 1. The van der Waals surface area contributed by atoms with Crippen LogP contribution in [0.1, 0.15) is 54.6 Å². The first-order valence-electron chi connectivity index (χ1n) is 11.1. The van der Waals surface area contributed by atoms with E-state index in [-0.39, 0.29) is 23.7 Å². The van der Waals surface area contributed by atoms with E-state index in [1.165, 1.54) is 5.56 Å². The molecule has 0 aliphatic carbocycles. The van der Waals surface area contributed by atoms with Crippen LogP contribution in [0.4, 0.5) is 0 Å². The number of benzene rings is 2. The van der Waals surface area contributed by atoms with Crippen molar-refractivity contribution >= 4 is 27.5 Å². The summed E-state index contributed by atoms with van der Waals surface area (Å²) in [6, 6.07) is 16.2. The molecule has 5 nitrogen and oxygen atoms in total. The van der Waals surface area contributed by atoms with Gasteiger partial charge in [0.25, 0.3) is 5.91 Å². The summed E-state index contributed by atoms with van der Waals surface area (Å²) in [4.78, 5) is 19.4. The van der Waals surface area contributed by atoms with Gasteiger partial charge in [-0.1, -0.05) is 30.3 Å². The third kappa shape index (κ3) is 4.25. The normalized spacial score (nSPS) is 23.3. The number of ether oxygens (including phenoxy) is 2. The third-order valence-corrected chi connectivity index (χ3v) is 7.37. The lowest BCUT2D eigenvalue weighted by atomic mass is 9.80. The number of rotatable bonds is 4. The van der Waals surface area contributed by atoms with Gasteiger partial charge in [0.05, 0.1) is 33.5 Å². The van der Waals surface area contributed by atoms with Crippen LogP contribution < -0.4 is 0 Å². The number of amides is 1. The van der Waals surface area contributed by atoms with Gasteiger partial charge in [0.2, 0.25) is 0 Å². The van der Waals surface area contributed by atoms with Crippen LogP contribution in [-0.2, 0) is 9.47 Å². The van der Waals surface area contributed by atoms with Gasteiger partial charge in [-0.2, -0.15) is 0 Å². The lowest BCUT2D eigenvalue weighted by molar-refractivity contribution is -0.190. The standard InChI is InChI=1S/C25H28N2O3S/c1-2-29-20-15-22(18-6-4-3-5-7-18)30-25(16-20)10-12-27(13-11-25)24(28)19-8-9-21-23(14-19)31-17-26-21/h3-9,14,17,20,22H,2,10-13,15-16H2,1H3. The molecule has 1 aromatic heterocycles. The zero-order valence-electron chi connectivity index (χ0n) is 17.8. The Morgan fingerprint density at radius 3 is 2.81 bits per heavy atom. The van der Waals surface area contributed by atoms with Gasteiger partial charge in [0, 0.05) is 38.1 Å². The molecule has 2 saturated heterocycles. The van der Waals surface area contributed by atoms with Crippen molar-refractivity contribution in [2.75, 3.05) is 19.7 Å². The van der Waals surface area contributed by atoms with Gasteiger partial charge < -0.3 is 14.4 Å². The minimum absolute atomic E-state index is 0.0440. The van der Waals surface area contributed by atoms with Crippen molar-refractivity contribution in [3.05, 3.63) is 65.2 Å². The lowest BCUT2D eigenvalue weighted by Gasteiger charge is -2.48. The summed E-state index contributed by atoms with van der Waals surface area (Å²) in [5, 5.41) is 0. The molecule has 2 aromatic carbocycles. The summed E-state index contributed by atoms with van der Waals surface area (Å²) in [5.41, 5.74) is 4.50. The fourth-order valence-electron chi connectivity index (χ4n) is 4.98. The van der Waals surface area contributed by atoms with Crippen LogP contribution in [0.2, 0.25) is 0 Å². The maximum Gasteiger partial charge on any atom is 0.253 e. The van der Waals surface area contributed by atoms with Gasteiger partial charge in [-0.05, 0) is 43.5 Å². The van der Waals surface area contributed by atoms with Crippen LogP contribution >= 0.6 is 11.3 Å². The Hall–Kier alpha value is -2.28. The van der Waals surface area contributed by atoms with Crippen molar-refractivity contribution in [1.82, 2.24) is 9.88 Å². The maximum absolute atomic E-state index is 13.1. The van der Waals surface area contributed by atoms with Gasteiger partial charge in [-0.15, -0.1) is 11.3 Å². The minimum Gasteiger partial charge on any atom is -0.378 e. The number of fused-ring (bicyclic) bond motifs is 1. The van der Waals surface area contributed by atoms with Crippen molar-refractivity contribution in [3.63, 3.8) is 0 Å². The van der Waals surface area contributed by atoms with Crippen molar-refractivity contribution in [3.8, 4) is 0 Å². The Kier molecular flexibility index (Phi) is 5.78. The number of nitrogens with zero attached hydrogens (tertiary/aromatic N) is 2. The number of aromatic nitrogens is 1. The Balaban J connectivity index is 1.30. The third-order valence-electron chi connectivity index (χ3n) is 6.58. The molecule has 162 valence electrons. The van der Waals surface area contributed by atoms with E-state index in [2.05, 4.69) is 36.2 Å². The molecule has 2 fully saturated rings. The second kappa shape index (κ2) is 8.69. The van der Waals surface area contributed by atoms with E-state index in [4.69, 9.17) is 9.47 Å². The monoisotopic (exact) mass is 436 g/mol. The molecule has 3 aromatic rings. The van der Waals surface area contributed by atoms with Gasteiger partial charge in [0.15, 0.2) is 0 Å². The molecule has 0 N–H and O–H groups in total. The molecule has 6 heteroatoms. The first-order chi connectivity index (χ1) is 15.2. The number of hydrogen-bond acceptors (Lipinski definition) is 5. The maximum atomic E-state index is 13.1. The molecule has 2 aliphatic heterocycles. The molecule has 2 unspecified atom stereocenters. The molecule has 0 radical (unpaired) electrons. The first-order valence-corrected chi connectivity index (χ1v) is 12.0. The Bertz CT molecular complexity index is 1040. The molecule has 0 bridgehead atoms. The second-order valence-corrected chi connectivity index (χ2v) is 9.43. The summed E-state index contributed by atoms with van der Waals surface area (Å²) in [7, 11) is 0. The lowest BCUT2D eigenvalue weighted by Crippen LogP contribution is -2.52. The summed E-state index contributed by atoms with van der Waals surface area (Å²) >= 11 is 1.57. The van der Waals surface area contributed by atoms with Gasteiger partial charge >= 0.3 is 0 Å². The zero-order valence-corrected chi connectivity index (χ0v) is 18.6. The Morgan fingerprint density at radius 1 is 1.23 bits per heavy atom. The molecule has 31 heavy (non-hydrogen) atoms. The topological polar surface area (TPSA) is 51.7 Å². The van der Waals surface area contributed by atoms with Crippen LogP contribution in [0.25, 0.3) is 10.2 Å². The highest BCUT2D eigenvalue weighted by Crippen LogP contribution is 2.44. The van der Waals surface area contributed by atoms with E-state index in [0.29, 0.717) is 19.7 Å². The van der Waals surface area contributed by atoms with Gasteiger partial charge in [0.1, 0.15) is 0 Å². The molecule has 1 spiro atoms. The number of likely N-dealkylation sites (tertiary alicyclic amines) is 1. The minimum atomic E-state index is -0.225. The van der Waals surface area contributed by atoms with Crippen LogP contribution in [0.3, 0.4) is 0 Å². The van der Waals surface area contributed by atoms with Crippen LogP contribution in [0, 0.1) is 0 Å². The quantitative estimate of drug-likeness (QED) is 0.562. The van der Waals surface area contributed by atoms with Crippen molar-refractivity contribution in [2.45, 2.75) is 50.4 Å². The van der Waals surface area contributed by atoms with E-state index in [9.17, 15) is 4.79 Å². The zero-order chi connectivity index (χ0) is 21.3. The fraction of sp³-hybridized carbons (Fsp3) is 0.440.